The smallest absolute Gasteiger partial charge is 0.273 e. The molecule has 1 saturated heterocycles. The molecule has 1 amide bonds. The lowest BCUT2D eigenvalue weighted by molar-refractivity contribution is 0.0945. The summed E-state index contributed by atoms with van der Waals surface area (Å²) in [5.41, 5.74) is 2.11. The first-order valence-corrected chi connectivity index (χ1v) is 10.3. The van der Waals surface area contributed by atoms with Crippen molar-refractivity contribution in [3.8, 4) is 11.5 Å². The van der Waals surface area contributed by atoms with Crippen LogP contribution in [0.1, 0.15) is 28.2 Å². The fourth-order valence-electron chi connectivity index (χ4n) is 3.56. The highest BCUT2D eigenvalue weighted by atomic mass is 16.4. The summed E-state index contributed by atoms with van der Waals surface area (Å²) < 4.78 is 5.68. The van der Waals surface area contributed by atoms with E-state index >= 15 is 0 Å². The van der Waals surface area contributed by atoms with Crippen LogP contribution in [-0.4, -0.2) is 54.0 Å². The number of anilines is 1. The van der Waals surface area contributed by atoms with Crippen molar-refractivity contribution in [2.45, 2.75) is 19.9 Å². The van der Waals surface area contributed by atoms with Crippen molar-refractivity contribution >= 4 is 11.7 Å². The van der Waals surface area contributed by atoms with Crippen LogP contribution in [0.2, 0.25) is 0 Å². The van der Waals surface area contributed by atoms with Crippen LogP contribution in [0, 0.1) is 6.92 Å². The molecule has 7 heteroatoms. The van der Waals surface area contributed by atoms with Crippen molar-refractivity contribution in [2.75, 3.05) is 38.1 Å². The van der Waals surface area contributed by atoms with Gasteiger partial charge < -0.3 is 19.5 Å². The zero-order valence-electron chi connectivity index (χ0n) is 17.5. The standard InChI is InChI=1S/C23H27N5O2/c1-17-21(26-23(30-17)19-7-4-3-5-8-19)22(29)25-16-18-9-10-20(24-15-18)28-12-6-11-27(2)13-14-28/h3-5,7-10,15H,6,11-14,16H2,1-2H3,(H,25,29). The molecule has 156 valence electrons. The predicted octanol–water partition coefficient (Wildman–Crippen LogP) is 3.12. The highest BCUT2D eigenvalue weighted by molar-refractivity contribution is 5.93. The third-order valence-corrected chi connectivity index (χ3v) is 5.34. The number of oxazole rings is 1. The van der Waals surface area contributed by atoms with Gasteiger partial charge in [0.1, 0.15) is 11.6 Å². The monoisotopic (exact) mass is 405 g/mol. The predicted molar refractivity (Wildman–Crippen MR) is 116 cm³/mol. The number of hydrogen-bond donors (Lipinski definition) is 1. The number of nitrogens with zero attached hydrogens (tertiary/aromatic N) is 4. The second kappa shape index (κ2) is 9.09. The number of aryl methyl sites for hydroxylation is 1. The van der Waals surface area contributed by atoms with Gasteiger partial charge in [0, 0.05) is 37.9 Å². The Balaban J connectivity index is 1.37. The molecule has 0 unspecified atom stereocenters. The van der Waals surface area contributed by atoms with Crippen molar-refractivity contribution in [2.24, 2.45) is 0 Å². The summed E-state index contributed by atoms with van der Waals surface area (Å²) in [6.07, 6.45) is 2.97. The van der Waals surface area contributed by atoms with Gasteiger partial charge in [0.15, 0.2) is 5.69 Å². The average molecular weight is 406 g/mol. The Morgan fingerprint density at radius 3 is 2.70 bits per heavy atom. The summed E-state index contributed by atoms with van der Waals surface area (Å²) in [5, 5.41) is 2.91. The molecule has 1 aliphatic rings. The lowest BCUT2D eigenvalue weighted by Crippen LogP contribution is -2.29. The van der Waals surface area contributed by atoms with Gasteiger partial charge in [-0.3, -0.25) is 4.79 Å². The summed E-state index contributed by atoms with van der Waals surface area (Å²) in [7, 11) is 2.15. The van der Waals surface area contributed by atoms with E-state index in [4.69, 9.17) is 4.42 Å². The fraction of sp³-hybridized carbons (Fsp3) is 0.348. The Bertz CT molecular complexity index is 985. The van der Waals surface area contributed by atoms with Crippen molar-refractivity contribution in [3.05, 3.63) is 65.7 Å². The molecule has 1 aromatic carbocycles. The lowest BCUT2D eigenvalue weighted by atomic mass is 10.2. The molecule has 1 fully saturated rings. The summed E-state index contributed by atoms with van der Waals surface area (Å²) in [6.45, 7) is 6.30. The highest BCUT2D eigenvalue weighted by Gasteiger charge is 2.18. The third-order valence-electron chi connectivity index (χ3n) is 5.34. The number of benzene rings is 1. The second-order valence-corrected chi connectivity index (χ2v) is 7.64. The molecular weight excluding hydrogens is 378 g/mol. The van der Waals surface area contributed by atoms with Crippen LogP contribution >= 0.6 is 0 Å². The number of nitrogens with one attached hydrogen (secondary N) is 1. The van der Waals surface area contributed by atoms with E-state index in [1.165, 1.54) is 0 Å². The molecule has 1 N–H and O–H groups in total. The molecule has 3 heterocycles. The van der Waals surface area contributed by atoms with Crippen LogP contribution in [0.25, 0.3) is 11.5 Å². The van der Waals surface area contributed by atoms with Crippen molar-refractivity contribution in [1.82, 2.24) is 20.2 Å². The first-order valence-electron chi connectivity index (χ1n) is 10.3. The largest absolute Gasteiger partial charge is 0.441 e. The number of rotatable bonds is 5. The molecular formula is C23H27N5O2. The molecule has 0 saturated carbocycles. The fourth-order valence-corrected chi connectivity index (χ4v) is 3.56. The number of carbonyl (C=O) groups excluding carboxylic acids is 1. The van der Waals surface area contributed by atoms with E-state index in [9.17, 15) is 4.79 Å². The first kappa shape index (κ1) is 20.1. The van der Waals surface area contributed by atoms with Crippen molar-refractivity contribution in [3.63, 3.8) is 0 Å². The van der Waals surface area contributed by atoms with E-state index in [-0.39, 0.29) is 5.91 Å². The van der Waals surface area contributed by atoms with Crippen molar-refractivity contribution < 1.29 is 9.21 Å². The van der Waals surface area contributed by atoms with Gasteiger partial charge in [0.25, 0.3) is 5.91 Å². The molecule has 4 rings (SSSR count). The quantitative estimate of drug-likeness (QED) is 0.703. The van der Waals surface area contributed by atoms with E-state index in [1.54, 1.807) is 6.92 Å². The average Bonchev–Trinajstić information content (AvgIpc) is 3.03. The van der Waals surface area contributed by atoms with Crippen LogP contribution in [0.4, 0.5) is 5.82 Å². The van der Waals surface area contributed by atoms with Gasteiger partial charge in [-0.25, -0.2) is 9.97 Å². The normalized spacial score (nSPS) is 15.1. The van der Waals surface area contributed by atoms with Crippen LogP contribution in [0.15, 0.2) is 53.1 Å². The zero-order valence-corrected chi connectivity index (χ0v) is 17.5. The minimum absolute atomic E-state index is 0.252. The molecule has 1 aliphatic heterocycles. The van der Waals surface area contributed by atoms with Crippen LogP contribution in [-0.2, 0) is 6.54 Å². The Kier molecular flexibility index (Phi) is 6.09. The second-order valence-electron chi connectivity index (χ2n) is 7.64. The summed E-state index contributed by atoms with van der Waals surface area (Å²) >= 11 is 0. The summed E-state index contributed by atoms with van der Waals surface area (Å²) in [4.78, 5) is 26.2. The summed E-state index contributed by atoms with van der Waals surface area (Å²) in [6, 6.07) is 13.6. The van der Waals surface area contributed by atoms with E-state index in [0.29, 0.717) is 23.9 Å². The lowest BCUT2D eigenvalue weighted by Gasteiger charge is -2.21. The van der Waals surface area contributed by atoms with E-state index in [2.05, 4.69) is 32.1 Å². The van der Waals surface area contributed by atoms with Gasteiger partial charge in [-0.1, -0.05) is 24.3 Å². The van der Waals surface area contributed by atoms with Gasteiger partial charge in [-0.05, 0) is 50.7 Å². The Labute approximate surface area is 176 Å². The summed E-state index contributed by atoms with van der Waals surface area (Å²) in [5.74, 6) is 1.69. The van der Waals surface area contributed by atoms with Crippen LogP contribution in [0.3, 0.4) is 0 Å². The molecule has 7 nitrogen and oxygen atoms in total. The minimum atomic E-state index is -0.252. The number of amides is 1. The van der Waals surface area contributed by atoms with Gasteiger partial charge in [-0.15, -0.1) is 0 Å². The molecule has 30 heavy (non-hydrogen) atoms. The molecule has 2 aromatic heterocycles. The Morgan fingerprint density at radius 2 is 1.93 bits per heavy atom. The molecule has 0 bridgehead atoms. The maximum Gasteiger partial charge on any atom is 0.273 e. The number of aromatic nitrogens is 2. The molecule has 0 spiro atoms. The van der Waals surface area contributed by atoms with Gasteiger partial charge in [0.2, 0.25) is 5.89 Å². The van der Waals surface area contributed by atoms with E-state index in [0.717, 1.165) is 49.5 Å². The zero-order chi connectivity index (χ0) is 20.9. The molecule has 3 aromatic rings. The van der Waals surface area contributed by atoms with Crippen LogP contribution < -0.4 is 10.2 Å². The van der Waals surface area contributed by atoms with Gasteiger partial charge >= 0.3 is 0 Å². The maximum absolute atomic E-state index is 12.6. The first-order chi connectivity index (χ1) is 14.6. The Morgan fingerprint density at radius 1 is 1.10 bits per heavy atom. The SMILES string of the molecule is Cc1oc(-c2ccccc2)nc1C(=O)NCc1ccc(N2CCCN(C)CC2)nc1. The van der Waals surface area contributed by atoms with E-state index < -0.39 is 0 Å². The number of hydrogen-bond acceptors (Lipinski definition) is 6. The number of pyridine rings is 1. The van der Waals surface area contributed by atoms with Crippen molar-refractivity contribution in [1.29, 1.82) is 0 Å². The maximum atomic E-state index is 12.6. The Hall–Kier alpha value is -3.19. The van der Waals surface area contributed by atoms with Gasteiger partial charge in [0.05, 0.1) is 0 Å². The topological polar surface area (TPSA) is 74.5 Å². The molecule has 0 radical (unpaired) electrons. The minimum Gasteiger partial charge on any atom is -0.441 e. The third kappa shape index (κ3) is 4.68. The molecule has 0 aliphatic carbocycles. The highest BCUT2D eigenvalue weighted by Crippen LogP contribution is 2.21. The van der Waals surface area contributed by atoms with Crippen LogP contribution in [0.5, 0.6) is 0 Å². The molecule has 0 atom stereocenters. The van der Waals surface area contributed by atoms with E-state index in [1.807, 2.05) is 48.7 Å². The number of carbonyl (C=O) groups is 1. The number of likely N-dealkylation sites (N-methyl/N-ethyl adjacent to an activating group) is 1. The van der Waals surface area contributed by atoms with Gasteiger partial charge in [-0.2, -0.15) is 0 Å².